The van der Waals surface area contributed by atoms with Gasteiger partial charge in [-0.1, -0.05) is 0 Å². The van der Waals surface area contributed by atoms with Crippen molar-refractivity contribution >= 4 is 12.3 Å². The highest BCUT2D eigenvalue weighted by atomic mass is 19.1. The number of ether oxygens (including phenoxy) is 1. The molecule has 0 saturated heterocycles. The van der Waals surface area contributed by atoms with Crippen LogP contribution in [0.4, 0.5) is 4.39 Å². The molecule has 1 rings (SSSR count). The van der Waals surface area contributed by atoms with Crippen LogP contribution in [0.3, 0.4) is 0 Å². The van der Waals surface area contributed by atoms with E-state index in [1.165, 1.54) is 0 Å². The third kappa shape index (κ3) is 4.08. The largest absolute Gasteiger partial charge is 0.466 e. The molecule has 0 radical (unpaired) electrons. The average molecular weight is 271 g/mol. The summed E-state index contributed by atoms with van der Waals surface area (Å²) >= 11 is 0. The van der Waals surface area contributed by atoms with Crippen LogP contribution in [0.15, 0.2) is 12.3 Å². The van der Waals surface area contributed by atoms with Gasteiger partial charge in [0.1, 0.15) is 6.10 Å². The van der Waals surface area contributed by atoms with Crippen LogP contribution in [0.5, 0.6) is 0 Å². The number of hydrogen-bond donors (Lipinski definition) is 2. The highest BCUT2D eigenvalue weighted by Crippen LogP contribution is 2.19. The Morgan fingerprint density at radius 3 is 2.84 bits per heavy atom. The van der Waals surface area contributed by atoms with Crippen LogP contribution >= 0.6 is 0 Å². The van der Waals surface area contributed by atoms with E-state index >= 15 is 0 Å². The number of carbonyl (C=O) groups is 2. The predicted octanol–water partition coefficient (Wildman–Crippen LogP) is 0.381. The lowest BCUT2D eigenvalue weighted by atomic mass is 10.1. The van der Waals surface area contributed by atoms with Gasteiger partial charge in [-0.3, -0.25) is 14.6 Å². The van der Waals surface area contributed by atoms with Gasteiger partial charge in [-0.25, -0.2) is 4.39 Å². The first kappa shape index (κ1) is 15.2. The van der Waals surface area contributed by atoms with Gasteiger partial charge < -0.3 is 14.9 Å². The summed E-state index contributed by atoms with van der Waals surface area (Å²) in [6.07, 6.45) is -2.35. The van der Waals surface area contributed by atoms with Gasteiger partial charge in [0.15, 0.2) is 12.1 Å². The molecule has 1 aromatic rings. The number of esters is 1. The lowest BCUT2D eigenvalue weighted by Crippen LogP contribution is -2.24. The summed E-state index contributed by atoms with van der Waals surface area (Å²) in [7, 11) is 0. The first-order valence-corrected chi connectivity index (χ1v) is 5.62. The zero-order valence-electron chi connectivity index (χ0n) is 10.2. The fourth-order valence-electron chi connectivity index (χ4n) is 1.42. The van der Waals surface area contributed by atoms with Crippen LogP contribution in [0, 0.1) is 5.82 Å². The molecule has 0 aromatic carbocycles. The Morgan fingerprint density at radius 1 is 1.58 bits per heavy atom. The van der Waals surface area contributed by atoms with Gasteiger partial charge in [0.05, 0.1) is 36.6 Å². The van der Waals surface area contributed by atoms with Crippen LogP contribution in [0.1, 0.15) is 35.5 Å². The predicted molar refractivity (Wildman–Crippen MR) is 61.8 cm³/mol. The summed E-state index contributed by atoms with van der Waals surface area (Å²) in [6.45, 7) is 1.77. The summed E-state index contributed by atoms with van der Waals surface area (Å²) in [5.74, 6) is -1.50. The van der Waals surface area contributed by atoms with Crippen LogP contribution < -0.4 is 0 Å². The van der Waals surface area contributed by atoms with E-state index in [0.29, 0.717) is 0 Å². The molecule has 0 bridgehead atoms. The Hall–Kier alpha value is -1.86. The highest BCUT2D eigenvalue weighted by molar-refractivity contribution is 5.75. The van der Waals surface area contributed by atoms with Crippen LogP contribution in [0.25, 0.3) is 0 Å². The number of hydrogen-bond acceptors (Lipinski definition) is 6. The minimum atomic E-state index is -1.51. The van der Waals surface area contributed by atoms with E-state index < -0.39 is 30.4 Å². The smallest absolute Gasteiger partial charge is 0.308 e. The number of aromatic nitrogens is 1. The maximum atomic E-state index is 13.0. The maximum Gasteiger partial charge on any atom is 0.308 e. The van der Waals surface area contributed by atoms with E-state index in [0.717, 1.165) is 12.3 Å². The van der Waals surface area contributed by atoms with E-state index in [-0.39, 0.29) is 24.2 Å². The van der Waals surface area contributed by atoms with Crippen molar-refractivity contribution in [3.63, 3.8) is 0 Å². The Labute approximate surface area is 108 Å². The number of aliphatic hydroxyl groups excluding tert-OH is 2. The minimum absolute atomic E-state index is 0.0969. The summed E-state index contributed by atoms with van der Waals surface area (Å²) in [4.78, 5) is 25.3. The first-order valence-electron chi connectivity index (χ1n) is 5.62. The van der Waals surface area contributed by atoms with Crippen molar-refractivity contribution in [1.82, 2.24) is 4.98 Å². The maximum absolute atomic E-state index is 13.0. The van der Waals surface area contributed by atoms with E-state index in [1.807, 2.05) is 0 Å². The summed E-state index contributed by atoms with van der Waals surface area (Å²) < 4.78 is 17.6. The van der Waals surface area contributed by atoms with Gasteiger partial charge in [0.25, 0.3) is 0 Å². The van der Waals surface area contributed by atoms with Gasteiger partial charge >= 0.3 is 5.97 Å². The molecule has 0 saturated carbocycles. The van der Waals surface area contributed by atoms with E-state index in [2.05, 4.69) is 9.72 Å². The number of aliphatic hydroxyl groups is 2. The summed E-state index contributed by atoms with van der Waals surface area (Å²) in [6, 6.07) is 1.02. The van der Waals surface area contributed by atoms with Crippen LogP contribution in [-0.4, -0.2) is 40.2 Å². The first-order chi connectivity index (χ1) is 8.99. The molecule has 0 spiro atoms. The van der Waals surface area contributed by atoms with Gasteiger partial charge in [0, 0.05) is 0 Å². The van der Waals surface area contributed by atoms with Crippen molar-refractivity contribution in [2.24, 2.45) is 0 Å². The minimum Gasteiger partial charge on any atom is -0.466 e. The average Bonchev–Trinajstić information content (AvgIpc) is 2.38. The molecule has 104 valence electrons. The molecule has 1 aromatic heterocycles. The molecule has 0 amide bonds. The molecule has 2 atom stereocenters. The molecule has 1 heterocycles. The van der Waals surface area contributed by atoms with Crippen molar-refractivity contribution in [3.8, 4) is 0 Å². The van der Waals surface area contributed by atoms with Gasteiger partial charge in [-0.2, -0.15) is 0 Å². The molecule has 2 N–H and O–H groups in total. The Balaban J connectivity index is 2.79. The van der Waals surface area contributed by atoms with Crippen molar-refractivity contribution < 1.29 is 28.9 Å². The van der Waals surface area contributed by atoms with Crippen molar-refractivity contribution in [1.29, 1.82) is 0 Å². The highest BCUT2D eigenvalue weighted by Gasteiger charge is 2.24. The SMILES string of the molecule is CCOC(=O)CC(O)C(O)c1cc(C=O)c(F)cn1. The Kier molecular flexibility index (Phi) is 5.53. The quantitative estimate of drug-likeness (QED) is 0.573. The topological polar surface area (TPSA) is 96.7 Å². The standard InChI is InChI=1S/C12H14FNO5/c1-2-19-11(17)4-10(16)12(18)9-3-7(6-15)8(13)5-14-9/h3,5-6,10,12,16,18H,2,4H2,1H3. The fraction of sp³-hybridized carbons (Fsp3) is 0.417. The van der Waals surface area contributed by atoms with Crippen LogP contribution in [0.2, 0.25) is 0 Å². The summed E-state index contributed by atoms with van der Waals surface area (Å²) in [5.41, 5.74) is -0.382. The molecule has 0 fully saturated rings. The second kappa shape index (κ2) is 6.91. The zero-order valence-corrected chi connectivity index (χ0v) is 10.2. The number of rotatable bonds is 6. The van der Waals surface area contributed by atoms with E-state index in [1.54, 1.807) is 6.92 Å². The number of halogens is 1. The van der Waals surface area contributed by atoms with Crippen molar-refractivity contribution in [2.45, 2.75) is 25.6 Å². The lowest BCUT2D eigenvalue weighted by Gasteiger charge is -2.16. The van der Waals surface area contributed by atoms with Gasteiger partial charge in [-0.15, -0.1) is 0 Å². The molecule has 0 aliphatic rings. The lowest BCUT2D eigenvalue weighted by molar-refractivity contribution is -0.147. The number of carbonyl (C=O) groups excluding carboxylic acids is 2. The van der Waals surface area contributed by atoms with E-state index in [9.17, 15) is 24.2 Å². The van der Waals surface area contributed by atoms with Gasteiger partial charge in [-0.05, 0) is 13.0 Å². The zero-order chi connectivity index (χ0) is 14.4. The molecular formula is C12H14FNO5. The summed E-state index contributed by atoms with van der Waals surface area (Å²) in [5, 5.41) is 19.4. The molecule has 0 aliphatic heterocycles. The Morgan fingerprint density at radius 2 is 2.26 bits per heavy atom. The van der Waals surface area contributed by atoms with Crippen molar-refractivity contribution in [3.05, 3.63) is 29.3 Å². The second-order valence-corrected chi connectivity index (χ2v) is 3.77. The molecule has 6 nitrogen and oxygen atoms in total. The third-order valence-electron chi connectivity index (χ3n) is 2.38. The third-order valence-corrected chi connectivity index (χ3v) is 2.38. The fourth-order valence-corrected chi connectivity index (χ4v) is 1.42. The van der Waals surface area contributed by atoms with Crippen molar-refractivity contribution in [2.75, 3.05) is 6.61 Å². The molecule has 0 aliphatic carbocycles. The Bertz CT molecular complexity index is 465. The second-order valence-electron chi connectivity index (χ2n) is 3.77. The molecular weight excluding hydrogens is 257 g/mol. The van der Waals surface area contributed by atoms with Gasteiger partial charge in [0.2, 0.25) is 0 Å². The van der Waals surface area contributed by atoms with Crippen LogP contribution in [-0.2, 0) is 9.53 Å². The van der Waals surface area contributed by atoms with E-state index in [4.69, 9.17) is 0 Å². The molecule has 19 heavy (non-hydrogen) atoms. The number of aldehydes is 1. The molecule has 2 unspecified atom stereocenters. The number of pyridine rings is 1. The normalized spacial score (nSPS) is 13.7. The monoisotopic (exact) mass is 271 g/mol. The number of nitrogens with zero attached hydrogens (tertiary/aromatic N) is 1. The molecule has 7 heteroatoms.